The molecule has 2 aromatic rings. The fourth-order valence-corrected chi connectivity index (χ4v) is 4.84. The highest BCUT2D eigenvalue weighted by molar-refractivity contribution is 8.00. The Morgan fingerprint density at radius 3 is 2.74 bits per heavy atom. The van der Waals surface area contributed by atoms with Gasteiger partial charge in [-0.05, 0) is 44.7 Å². The van der Waals surface area contributed by atoms with E-state index < -0.39 is 0 Å². The van der Waals surface area contributed by atoms with Crippen LogP contribution in [-0.4, -0.2) is 43.9 Å². The molecule has 0 aliphatic heterocycles. The maximum Gasteiger partial charge on any atom is 0.235 e. The fourth-order valence-electron chi connectivity index (χ4n) is 3.88. The standard InChI is InChI=1S/C20H28N4O2S/c1-14(19(25)23(2)16-7-4-3-5-8-16)27-20-22-21-18(15-10-11-15)24(20)13-17-9-6-12-26-17/h6,9,12,14-16H,3-5,7-8,10-11,13H2,1-2H3. The number of furan rings is 1. The van der Waals surface area contributed by atoms with Crippen LogP contribution in [0.1, 0.15) is 69.4 Å². The summed E-state index contributed by atoms with van der Waals surface area (Å²) in [6.07, 6.45) is 10.0. The highest BCUT2D eigenvalue weighted by Crippen LogP contribution is 2.40. The van der Waals surface area contributed by atoms with Crippen molar-refractivity contribution in [3.63, 3.8) is 0 Å². The molecular weight excluding hydrogens is 360 g/mol. The first-order valence-electron chi connectivity index (χ1n) is 10.0. The van der Waals surface area contributed by atoms with Crippen LogP contribution in [0, 0.1) is 0 Å². The third-order valence-corrected chi connectivity index (χ3v) is 6.75. The predicted molar refractivity (Wildman–Crippen MR) is 105 cm³/mol. The molecule has 27 heavy (non-hydrogen) atoms. The van der Waals surface area contributed by atoms with Crippen LogP contribution in [0.4, 0.5) is 0 Å². The minimum absolute atomic E-state index is 0.177. The van der Waals surface area contributed by atoms with Crippen LogP contribution in [-0.2, 0) is 11.3 Å². The smallest absolute Gasteiger partial charge is 0.235 e. The Morgan fingerprint density at radius 1 is 1.30 bits per heavy atom. The Labute approximate surface area is 164 Å². The summed E-state index contributed by atoms with van der Waals surface area (Å²) in [4.78, 5) is 14.9. The molecule has 2 aliphatic carbocycles. The SMILES string of the molecule is CC(Sc1nnc(C2CC2)n1Cc1ccco1)C(=O)N(C)C1CCCCC1. The first-order valence-corrected chi connectivity index (χ1v) is 10.9. The van der Waals surface area contributed by atoms with Gasteiger partial charge in [0.25, 0.3) is 0 Å². The normalized spacial score (nSPS) is 19.2. The van der Waals surface area contributed by atoms with Crippen molar-refractivity contribution in [2.24, 2.45) is 0 Å². The topological polar surface area (TPSA) is 64.2 Å². The van der Waals surface area contributed by atoms with Gasteiger partial charge in [-0.25, -0.2) is 0 Å². The number of aromatic nitrogens is 3. The zero-order chi connectivity index (χ0) is 18.8. The van der Waals surface area contributed by atoms with Gasteiger partial charge < -0.3 is 9.32 Å². The van der Waals surface area contributed by atoms with Crippen molar-refractivity contribution in [3.05, 3.63) is 30.0 Å². The summed E-state index contributed by atoms with van der Waals surface area (Å²) >= 11 is 1.51. The van der Waals surface area contributed by atoms with E-state index in [4.69, 9.17) is 4.42 Å². The van der Waals surface area contributed by atoms with Crippen LogP contribution < -0.4 is 0 Å². The van der Waals surface area contributed by atoms with Crippen LogP contribution in [0.25, 0.3) is 0 Å². The van der Waals surface area contributed by atoms with Crippen LogP contribution in [0.2, 0.25) is 0 Å². The molecule has 4 rings (SSSR count). The number of carbonyl (C=O) groups is 1. The second-order valence-corrected chi connectivity index (χ2v) is 9.09. The van der Waals surface area contributed by atoms with Crippen molar-refractivity contribution in [1.29, 1.82) is 0 Å². The van der Waals surface area contributed by atoms with Gasteiger partial charge in [0.15, 0.2) is 5.16 Å². The molecule has 0 N–H and O–H groups in total. The number of carbonyl (C=O) groups excluding carboxylic acids is 1. The number of hydrogen-bond donors (Lipinski definition) is 0. The Balaban J connectivity index is 1.47. The summed E-state index contributed by atoms with van der Waals surface area (Å²) in [7, 11) is 1.96. The summed E-state index contributed by atoms with van der Waals surface area (Å²) in [6, 6.07) is 4.25. The van der Waals surface area contributed by atoms with Gasteiger partial charge in [0.05, 0.1) is 18.1 Å². The highest BCUT2D eigenvalue weighted by Gasteiger charge is 2.32. The summed E-state index contributed by atoms with van der Waals surface area (Å²) in [5, 5.41) is 9.48. The molecule has 7 heteroatoms. The second-order valence-electron chi connectivity index (χ2n) is 7.78. The lowest BCUT2D eigenvalue weighted by Gasteiger charge is -2.32. The fraction of sp³-hybridized carbons (Fsp3) is 0.650. The molecule has 1 amide bonds. The lowest BCUT2D eigenvalue weighted by Crippen LogP contribution is -2.42. The van der Waals surface area contributed by atoms with Gasteiger partial charge in [-0.2, -0.15) is 0 Å². The molecule has 0 radical (unpaired) electrons. The molecule has 146 valence electrons. The zero-order valence-electron chi connectivity index (χ0n) is 16.1. The minimum atomic E-state index is -0.177. The van der Waals surface area contributed by atoms with Crippen LogP contribution in [0.15, 0.2) is 28.0 Å². The van der Waals surface area contributed by atoms with Crippen LogP contribution >= 0.6 is 11.8 Å². The van der Waals surface area contributed by atoms with E-state index >= 15 is 0 Å². The van der Waals surface area contributed by atoms with Crippen molar-refractivity contribution in [1.82, 2.24) is 19.7 Å². The van der Waals surface area contributed by atoms with Gasteiger partial charge in [-0.15, -0.1) is 10.2 Å². The summed E-state index contributed by atoms with van der Waals surface area (Å²) in [6.45, 7) is 2.60. The van der Waals surface area contributed by atoms with Crippen molar-refractivity contribution in [2.45, 2.75) is 80.8 Å². The number of amides is 1. The van der Waals surface area contributed by atoms with Crippen molar-refractivity contribution < 1.29 is 9.21 Å². The first kappa shape index (κ1) is 18.6. The van der Waals surface area contributed by atoms with E-state index in [2.05, 4.69) is 14.8 Å². The molecule has 2 aliphatic rings. The molecule has 1 unspecified atom stereocenters. The van der Waals surface area contributed by atoms with E-state index in [0.717, 1.165) is 29.6 Å². The summed E-state index contributed by atoms with van der Waals surface area (Å²) in [5.74, 6) is 2.59. The van der Waals surface area contributed by atoms with Gasteiger partial charge in [-0.3, -0.25) is 9.36 Å². The number of thioether (sulfide) groups is 1. The molecule has 1 atom stereocenters. The number of nitrogens with zero attached hydrogens (tertiary/aromatic N) is 4. The lowest BCUT2D eigenvalue weighted by molar-refractivity contribution is -0.131. The molecule has 2 fully saturated rings. The van der Waals surface area contributed by atoms with E-state index in [1.807, 2.05) is 31.0 Å². The van der Waals surface area contributed by atoms with Gasteiger partial charge in [0, 0.05) is 19.0 Å². The van der Waals surface area contributed by atoms with Crippen molar-refractivity contribution >= 4 is 17.7 Å². The third-order valence-electron chi connectivity index (χ3n) is 5.68. The molecule has 2 heterocycles. The van der Waals surface area contributed by atoms with Crippen LogP contribution in [0.5, 0.6) is 0 Å². The predicted octanol–water partition coefficient (Wildman–Crippen LogP) is 4.07. The lowest BCUT2D eigenvalue weighted by atomic mass is 9.94. The molecular formula is C20H28N4O2S. The molecule has 6 nitrogen and oxygen atoms in total. The maximum atomic E-state index is 13.0. The van der Waals surface area contributed by atoms with Gasteiger partial charge in [0.1, 0.15) is 11.6 Å². The highest BCUT2D eigenvalue weighted by atomic mass is 32.2. The van der Waals surface area contributed by atoms with E-state index in [1.54, 1.807) is 6.26 Å². The summed E-state index contributed by atoms with van der Waals surface area (Å²) in [5.41, 5.74) is 0. The average Bonchev–Trinajstić information content (AvgIpc) is 3.27. The number of hydrogen-bond acceptors (Lipinski definition) is 5. The van der Waals surface area contributed by atoms with Crippen molar-refractivity contribution in [2.75, 3.05) is 7.05 Å². The Hall–Kier alpha value is -1.76. The molecule has 2 saturated carbocycles. The molecule has 0 spiro atoms. The Bertz CT molecular complexity index is 763. The average molecular weight is 389 g/mol. The van der Waals surface area contributed by atoms with E-state index in [0.29, 0.717) is 18.5 Å². The van der Waals surface area contributed by atoms with Gasteiger partial charge in [0.2, 0.25) is 5.91 Å². The van der Waals surface area contributed by atoms with Gasteiger partial charge in [-0.1, -0.05) is 31.0 Å². The van der Waals surface area contributed by atoms with Crippen LogP contribution in [0.3, 0.4) is 0 Å². The maximum absolute atomic E-state index is 13.0. The largest absolute Gasteiger partial charge is 0.467 e. The van der Waals surface area contributed by atoms with Crippen molar-refractivity contribution in [3.8, 4) is 0 Å². The Kier molecular flexibility index (Phi) is 5.57. The molecule has 2 aromatic heterocycles. The van der Waals surface area contributed by atoms with Gasteiger partial charge >= 0.3 is 0 Å². The zero-order valence-corrected chi connectivity index (χ0v) is 17.0. The Morgan fingerprint density at radius 2 is 2.07 bits per heavy atom. The van der Waals surface area contributed by atoms with E-state index in [9.17, 15) is 4.79 Å². The summed E-state index contributed by atoms with van der Waals surface area (Å²) < 4.78 is 7.66. The third kappa shape index (κ3) is 4.23. The second kappa shape index (κ2) is 8.09. The quantitative estimate of drug-likeness (QED) is 0.669. The van der Waals surface area contributed by atoms with E-state index in [-0.39, 0.29) is 11.2 Å². The number of rotatable bonds is 7. The molecule has 0 bridgehead atoms. The van der Waals surface area contributed by atoms with E-state index in [1.165, 1.54) is 43.9 Å². The molecule has 0 aromatic carbocycles. The monoisotopic (exact) mass is 388 g/mol. The minimum Gasteiger partial charge on any atom is -0.467 e. The molecule has 0 saturated heterocycles. The first-order chi connectivity index (χ1) is 13.1.